The first-order chi connectivity index (χ1) is 16.2. The molecule has 4 aromatic rings. The summed E-state index contributed by atoms with van der Waals surface area (Å²) in [5.41, 5.74) is 5.65. The molecular formula is C25H18Cl2FN3O3. The van der Waals surface area contributed by atoms with Gasteiger partial charge in [0.25, 0.3) is 5.91 Å². The smallest absolute Gasteiger partial charge is 0.259 e. The monoisotopic (exact) mass is 497 g/mol. The number of benzene rings is 3. The molecule has 6 nitrogen and oxygen atoms in total. The molecule has 0 spiro atoms. The number of hydrogen-bond acceptors (Lipinski definition) is 3. The van der Waals surface area contributed by atoms with E-state index in [0.717, 1.165) is 17.2 Å². The Morgan fingerprint density at radius 2 is 1.44 bits per heavy atom. The molecular weight excluding hydrogens is 480 g/mol. The van der Waals surface area contributed by atoms with Crippen molar-refractivity contribution in [2.45, 2.75) is 13.1 Å². The number of amides is 2. The third-order valence-electron chi connectivity index (χ3n) is 5.32. The number of pyridine rings is 1. The molecule has 172 valence electrons. The summed E-state index contributed by atoms with van der Waals surface area (Å²) in [4.78, 5) is 42.4. The van der Waals surface area contributed by atoms with Gasteiger partial charge in [-0.2, -0.15) is 0 Å². The van der Waals surface area contributed by atoms with Crippen molar-refractivity contribution >= 4 is 45.9 Å². The molecule has 0 aliphatic rings. The fourth-order valence-electron chi connectivity index (χ4n) is 3.58. The van der Waals surface area contributed by atoms with Crippen LogP contribution in [0.1, 0.15) is 31.8 Å². The van der Waals surface area contributed by atoms with Crippen molar-refractivity contribution in [2.24, 2.45) is 5.73 Å². The Hall–Kier alpha value is -3.68. The van der Waals surface area contributed by atoms with E-state index in [1.54, 1.807) is 48.5 Å². The van der Waals surface area contributed by atoms with Gasteiger partial charge in [-0.15, -0.1) is 0 Å². The van der Waals surface area contributed by atoms with E-state index in [1.807, 2.05) is 0 Å². The van der Waals surface area contributed by atoms with Crippen LogP contribution >= 0.6 is 23.2 Å². The van der Waals surface area contributed by atoms with E-state index in [2.05, 4.69) is 4.98 Å². The lowest BCUT2D eigenvalue weighted by atomic mass is 10.1. The van der Waals surface area contributed by atoms with Gasteiger partial charge in [0, 0.05) is 34.9 Å². The number of H-pyrrole nitrogens is 1. The summed E-state index contributed by atoms with van der Waals surface area (Å²) < 4.78 is 14.4. The van der Waals surface area contributed by atoms with E-state index >= 15 is 0 Å². The zero-order chi connectivity index (χ0) is 24.4. The van der Waals surface area contributed by atoms with Gasteiger partial charge in [-0.05, 0) is 47.5 Å². The van der Waals surface area contributed by atoms with Crippen molar-refractivity contribution in [3.05, 3.63) is 115 Å². The molecule has 4 rings (SSSR count). The molecule has 0 aliphatic heterocycles. The fraction of sp³-hybridized carbons (Fsp3) is 0.0800. The number of halogens is 3. The van der Waals surface area contributed by atoms with Gasteiger partial charge in [0.05, 0.1) is 10.9 Å². The quantitative estimate of drug-likeness (QED) is 0.395. The second-order valence-electron chi connectivity index (χ2n) is 7.69. The van der Waals surface area contributed by atoms with Crippen LogP contribution in [0.2, 0.25) is 10.0 Å². The van der Waals surface area contributed by atoms with Gasteiger partial charge in [-0.3, -0.25) is 14.4 Å². The third-order valence-corrected chi connectivity index (χ3v) is 5.82. The summed E-state index contributed by atoms with van der Waals surface area (Å²) in [6, 6.07) is 16.1. The topological polar surface area (TPSA) is 96.3 Å². The van der Waals surface area contributed by atoms with Crippen LogP contribution in [-0.4, -0.2) is 21.7 Å². The summed E-state index contributed by atoms with van der Waals surface area (Å²) in [6.45, 7) is 0.373. The Balaban J connectivity index is 1.77. The lowest BCUT2D eigenvalue weighted by molar-refractivity contribution is 0.0728. The molecule has 3 aromatic carbocycles. The standard InChI is InChI=1S/C25H18Cl2FN3O3/c26-17-5-1-14(2-6-17)12-31(13-15-3-7-18(27)8-4-15)25(34)20-11-30-22-19(23(20)32)9-16(24(29)33)10-21(22)28/h1-11H,12-13H2,(H2,29,33)(H,30,32). The number of hydrogen-bond donors (Lipinski definition) is 2. The maximum absolute atomic E-state index is 14.4. The van der Waals surface area contributed by atoms with Crippen molar-refractivity contribution in [3.63, 3.8) is 0 Å². The van der Waals surface area contributed by atoms with Crippen molar-refractivity contribution < 1.29 is 14.0 Å². The predicted octanol–water partition coefficient (Wildman–Crippen LogP) is 4.92. The lowest BCUT2D eigenvalue weighted by Crippen LogP contribution is -2.33. The summed E-state index contributed by atoms with van der Waals surface area (Å²) in [5, 5.41) is 0.966. The van der Waals surface area contributed by atoms with Crippen molar-refractivity contribution in [1.82, 2.24) is 9.88 Å². The lowest BCUT2D eigenvalue weighted by Gasteiger charge is -2.23. The second-order valence-corrected chi connectivity index (χ2v) is 8.56. The van der Waals surface area contributed by atoms with Gasteiger partial charge >= 0.3 is 0 Å². The van der Waals surface area contributed by atoms with Gasteiger partial charge in [0.1, 0.15) is 11.4 Å². The molecule has 0 bridgehead atoms. The number of aromatic nitrogens is 1. The van der Waals surface area contributed by atoms with Gasteiger partial charge in [0.15, 0.2) is 0 Å². The molecule has 0 fully saturated rings. The van der Waals surface area contributed by atoms with E-state index in [-0.39, 0.29) is 35.1 Å². The number of carbonyl (C=O) groups is 2. The Morgan fingerprint density at radius 1 is 0.912 bits per heavy atom. The number of aromatic amines is 1. The minimum Gasteiger partial charge on any atom is -0.366 e. The first-order valence-corrected chi connectivity index (χ1v) is 10.9. The molecule has 9 heteroatoms. The summed E-state index contributed by atoms with van der Waals surface area (Å²) in [6.07, 6.45) is 1.18. The first-order valence-electron chi connectivity index (χ1n) is 10.2. The highest BCUT2D eigenvalue weighted by Crippen LogP contribution is 2.19. The molecule has 2 amide bonds. The summed E-state index contributed by atoms with van der Waals surface area (Å²) in [5.74, 6) is -2.27. The number of nitrogens with two attached hydrogens (primary N) is 1. The molecule has 3 N–H and O–H groups in total. The largest absolute Gasteiger partial charge is 0.366 e. The predicted molar refractivity (Wildman–Crippen MR) is 130 cm³/mol. The number of nitrogens with one attached hydrogen (secondary N) is 1. The van der Waals surface area contributed by atoms with Crippen molar-refractivity contribution in [1.29, 1.82) is 0 Å². The van der Waals surface area contributed by atoms with Crippen LogP contribution in [0.15, 0.2) is 71.7 Å². The second kappa shape index (κ2) is 9.67. The minimum atomic E-state index is -0.885. The van der Waals surface area contributed by atoms with E-state index in [9.17, 15) is 18.8 Å². The molecule has 0 aliphatic carbocycles. The number of primary amides is 1. The SMILES string of the molecule is NC(=O)c1cc(F)c2[nH]cc(C(=O)N(Cc3ccc(Cl)cc3)Cc3ccc(Cl)cc3)c(=O)c2c1. The molecule has 0 radical (unpaired) electrons. The highest BCUT2D eigenvalue weighted by atomic mass is 35.5. The van der Waals surface area contributed by atoms with E-state index in [4.69, 9.17) is 28.9 Å². The minimum absolute atomic E-state index is 0.117. The molecule has 0 unspecified atom stereocenters. The Labute approximate surface area is 203 Å². The van der Waals surface area contributed by atoms with Crippen molar-refractivity contribution in [2.75, 3.05) is 0 Å². The van der Waals surface area contributed by atoms with Crippen LogP contribution in [0.5, 0.6) is 0 Å². The van der Waals surface area contributed by atoms with E-state index in [0.29, 0.717) is 10.0 Å². The highest BCUT2D eigenvalue weighted by molar-refractivity contribution is 6.30. The van der Waals surface area contributed by atoms with Crippen LogP contribution in [0, 0.1) is 5.82 Å². The zero-order valence-corrected chi connectivity index (χ0v) is 19.2. The molecule has 1 aromatic heterocycles. The fourth-order valence-corrected chi connectivity index (χ4v) is 3.83. The zero-order valence-electron chi connectivity index (χ0n) is 17.6. The summed E-state index contributed by atoms with van der Waals surface area (Å²) in [7, 11) is 0. The van der Waals surface area contributed by atoms with E-state index < -0.39 is 23.1 Å². The van der Waals surface area contributed by atoms with Crippen LogP contribution < -0.4 is 11.2 Å². The molecule has 0 saturated carbocycles. The Morgan fingerprint density at radius 3 is 1.94 bits per heavy atom. The highest BCUT2D eigenvalue weighted by Gasteiger charge is 2.22. The maximum Gasteiger partial charge on any atom is 0.259 e. The Kier molecular flexibility index (Phi) is 6.68. The van der Waals surface area contributed by atoms with Crippen LogP contribution in [-0.2, 0) is 13.1 Å². The number of carbonyl (C=O) groups excluding carboxylic acids is 2. The van der Waals surface area contributed by atoms with Gasteiger partial charge in [-0.25, -0.2) is 4.39 Å². The average molecular weight is 498 g/mol. The molecule has 34 heavy (non-hydrogen) atoms. The van der Waals surface area contributed by atoms with Gasteiger partial charge < -0.3 is 15.6 Å². The Bertz CT molecular complexity index is 1400. The molecule has 1 heterocycles. The normalized spacial score (nSPS) is 10.9. The number of rotatable bonds is 6. The maximum atomic E-state index is 14.4. The van der Waals surface area contributed by atoms with Gasteiger partial charge in [-0.1, -0.05) is 47.5 Å². The van der Waals surface area contributed by atoms with E-state index in [1.165, 1.54) is 17.2 Å². The van der Waals surface area contributed by atoms with Crippen molar-refractivity contribution in [3.8, 4) is 0 Å². The third kappa shape index (κ3) is 4.95. The molecule has 0 atom stereocenters. The number of fused-ring (bicyclic) bond motifs is 1. The summed E-state index contributed by atoms with van der Waals surface area (Å²) >= 11 is 11.9. The van der Waals surface area contributed by atoms with Gasteiger partial charge in [0.2, 0.25) is 11.3 Å². The molecule has 0 saturated heterocycles. The van der Waals surface area contributed by atoms with Crippen LogP contribution in [0.3, 0.4) is 0 Å². The average Bonchev–Trinajstić information content (AvgIpc) is 2.81. The first kappa shape index (κ1) is 23.5. The van der Waals surface area contributed by atoms with Crippen LogP contribution in [0.4, 0.5) is 4.39 Å². The number of nitrogens with zero attached hydrogens (tertiary/aromatic N) is 1. The van der Waals surface area contributed by atoms with Crippen LogP contribution in [0.25, 0.3) is 10.9 Å².